The second-order valence-corrected chi connectivity index (χ2v) is 4.43. The van der Waals surface area contributed by atoms with Crippen molar-refractivity contribution in [1.29, 1.82) is 10.5 Å². The molecule has 116 valence electrons. The fourth-order valence-electron chi connectivity index (χ4n) is 1.81. The van der Waals surface area contributed by atoms with Gasteiger partial charge in [0.2, 0.25) is 5.78 Å². The minimum Gasteiger partial charge on any atom is -0.505 e. The van der Waals surface area contributed by atoms with E-state index in [1.807, 2.05) is 0 Å². The average molecular weight is 318 g/mol. The number of pyridine rings is 2. The molecule has 0 amide bonds. The van der Waals surface area contributed by atoms with Crippen LogP contribution in [0.15, 0.2) is 65.7 Å². The van der Waals surface area contributed by atoms with Crippen LogP contribution in [0.3, 0.4) is 0 Å². The molecule has 0 atom stereocenters. The molecule has 2 aromatic heterocycles. The number of nitrogens with zero attached hydrogens (tertiary/aromatic N) is 4. The minimum atomic E-state index is -0.932. The topological polar surface area (TPSA) is 131 Å². The minimum absolute atomic E-state index is 0.0168. The molecule has 2 aromatic rings. The number of hydrogen-bond acceptors (Lipinski definition) is 7. The van der Waals surface area contributed by atoms with Crippen LogP contribution >= 0.6 is 0 Å². The normalized spacial score (nSPS) is 12.2. The van der Waals surface area contributed by atoms with Crippen LogP contribution in [0.25, 0.3) is 5.76 Å². The maximum absolute atomic E-state index is 12.3. The fraction of sp³-hybridized carbons (Fsp3) is 0. The van der Waals surface area contributed by atoms with Gasteiger partial charge in [-0.05, 0) is 24.3 Å². The number of aromatic nitrogens is 2. The molecule has 24 heavy (non-hydrogen) atoms. The third kappa shape index (κ3) is 3.26. The maximum atomic E-state index is 12.3. The maximum Gasteiger partial charge on any atom is 0.225 e. The van der Waals surface area contributed by atoms with Gasteiger partial charge < -0.3 is 10.2 Å². The third-order valence-corrected chi connectivity index (χ3v) is 2.97. The highest BCUT2D eigenvalue weighted by atomic mass is 16.3. The monoisotopic (exact) mass is 318 g/mol. The SMILES string of the molecule is N#CC(C(=O)c1ccccn1)=C(O)/C(C#N)=C(/O)c1ccccn1. The molecule has 0 aromatic carbocycles. The van der Waals surface area contributed by atoms with Crippen LogP contribution in [0.4, 0.5) is 0 Å². The summed E-state index contributed by atoms with van der Waals surface area (Å²) < 4.78 is 0. The first-order valence-corrected chi connectivity index (χ1v) is 6.64. The lowest BCUT2D eigenvalue weighted by molar-refractivity contribution is 0.103. The Balaban J connectivity index is 2.58. The van der Waals surface area contributed by atoms with Crippen molar-refractivity contribution in [2.24, 2.45) is 0 Å². The highest BCUT2D eigenvalue weighted by molar-refractivity contribution is 6.11. The van der Waals surface area contributed by atoms with E-state index in [4.69, 9.17) is 0 Å². The fourth-order valence-corrected chi connectivity index (χ4v) is 1.81. The second-order valence-electron chi connectivity index (χ2n) is 4.43. The van der Waals surface area contributed by atoms with E-state index in [2.05, 4.69) is 9.97 Å². The Bertz CT molecular complexity index is 904. The Hall–Kier alpha value is -3.97. The lowest BCUT2D eigenvalue weighted by Gasteiger charge is -2.05. The Kier molecular flexibility index (Phi) is 5.02. The summed E-state index contributed by atoms with van der Waals surface area (Å²) in [5.74, 6) is -2.44. The van der Waals surface area contributed by atoms with Gasteiger partial charge in [-0.3, -0.25) is 14.8 Å². The van der Waals surface area contributed by atoms with Crippen molar-refractivity contribution in [2.45, 2.75) is 0 Å². The first-order valence-electron chi connectivity index (χ1n) is 6.64. The molecule has 0 saturated heterocycles. The molecular formula is C17H10N4O3. The number of aliphatic hydroxyl groups is 2. The molecule has 7 heteroatoms. The quantitative estimate of drug-likeness (QED) is 0.291. The molecule has 0 aliphatic rings. The largest absolute Gasteiger partial charge is 0.505 e. The number of aliphatic hydroxyl groups excluding tert-OH is 2. The molecular weight excluding hydrogens is 308 g/mol. The van der Waals surface area contributed by atoms with Crippen LogP contribution in [0.2, 0.25) is 0 Å². The molecule has 0 saturated carbocycles. The smallest absolute Gasteiger partial charge is 0.225 e. The van der Waals surface area contributed by atoms with Gasteiger partial charge in [0.05, 0.1) is 0 Å². The van der Waals surface area contributed by atoms with Crippen molar-refractivity contribution < 1.29 is 15.0 Å². The van der Waals surface area contributed by atoms with E-state index in [-0.39, 0.29) is 11.4 Å². The molecule has 0 radical (unpaired) electrons. The zero-order valence-corrected chi connectivity index (χ0v) is 12.2. The molecule has 0 bridgehead atoms. The first kappa shape index (κ1) is 16.4. The van der Waals surface area contributed by atoms with E-state index in [0.29, 0.717) is 0 Å². The van der Waals surface area contributed by atoms with Gasteiger partial charge in [0.1, 0.15) is 34.7 Å². The van der Waals surface area contributed by atoms with Crippen LogP contribution in [0.1, 0.15) is 16.2 Å². The molecule has 0 unspecified atom stereocenters. The van der Waals surface area contributed by atoms with Gasteiger partial charge in [-0.1, -0.05) is 12.1 Å². The van der Waals surface area contributed by atoms with Gasteiger partial charge in [-0.15, -0.1) is 0 Å². The van der Waals surface area contributed by atoms with Crippen LogP contribution < -0.4 is 0 Å². The average Bonchev–Trinajstić information content (AvgIpc) is 2.64. The molecule has 2 heterocycles. The molecule has 0 aliphatic carbocycles. The number of carbonyl (C=O) groups excluding carboxylic acids is 1. The Morgan fingerprint density at radius 3 is 1.88 bits per heavy atom. The summed E-state index contributed by atoms with van der Waals surface area (Å²) in [7, 11) is 0. The number of hydrogen-bond donors (Lipinski definition) is 2. The van der Waals surface area contributed by atoms with Crippen molar-refractivity contribution in [3.05, 3.63) is 77.1 Å². The summed E-state index contributed by atoms with van der Waals surface area (Å²) >= 11 is 0. The number of ketones is 1. The van der Waals surface area contributed by atoms with Gasteiger partial charge in [-0.25, -0.2) is 0 Å². The Labute approximate surface area is 137 Å². The van der Waals surface area contributed by atoms with E-state index < -0.39 is 28.4 Å². The zero-order chi connectivity index (χ0) is 17.5. The van der Waals surface area contributed by atoms with Crippen LogP contribution in [-0.4, -0.2) is 26.0 Å². The number of Topliss-reactive ketones (excluding diaryl/α,β-unsaturated/α-hetero) is 1. The van der Waals surface area contributed by atoms with Crippen molar-refractivity contribution >= 4 is 11.5 Å². The molecule has 0 aliphatic heterocycles. The van der Waals surface area contributed by atoms with Crippen LogP contribution in [-0.2, 0) is 0 Å². The lowest BCUT2D eigenvalue weighted by atomic mass is 10.0. The van der Waals surface area contributed by atoms with Crippen LogP contribution in [0.5, 0.6) is 0 Å². The number of rotatable bonds is 4. The standard InChI is InChI=1S/C17H10N4O3/c18-9-11(16(23)13-5-1-3-7-20-13)15(22)12(10-19)17(24)14-6-2-4-8-21-14/h1-8,22-23H/b15-12?,16-11+. The van der Waals surface area contributed by atoms with Gasteiger partial charge in [0.15, 0.2) is 11.5 Å². The predicted octanol–water partition coefficient (Wildman–Crippen LogP) is 2.49. The Morgan fingerprint density at radius 1 is 0.875 bits per heavy atom. The van der Waals surface area contributed by atoms with Gasteiger partial charge in [-0.2, -0.15) is 10.5 Å². The van der Waals surface area contributed by atoms with E-state index in [1.165, 1.54) is 24.5 Å². The van der Waals surface area contributed by atoms with Crippen molar-refractivity contribution in [3.8, 4) is 12.1 Å². The number of carbonyl (C=O) groups is 1. The van der Waals surface area contributed by atoms with Crippen molar-refractivity contribution in [3.63, 3.8) is 0 Å². The summed E-state index contributed by atoms with van der Waals surface area (Å²) in [6.07, 6.45) is 2.73. The highest BCUT2D eigenvalue weighted by Gasteiger charge is 2.23. The lowest BCUT2D eigenvalue weighted by Crippen LogP contribution is -2.09. The van der Waals surface area contributed by atoms with E-state index in [9.17, 15) is 25.5 Å². The van der Waals surface area contributed by atoms with Gasteiger partial charge in [0, 0.05) is 12.4 Å². The first-order chi connectivity index (χ1) is 11.6. The molecule has 7 nitrogen and oxygen atoms in total. The summed E-state index contributed by atoms with van der Waals surface area (Å²) in [4.78, 5) is 19.9. The third-order valence-electron chi connectivity index (χ3n) is 2.97. The summed E-state index contributed by atoms with van der Waals surface area (Å²) in [6, 6.07) is 12.2. The zero-order valence-electron chi connectivity index (χ0n) is 12.2. The van der Waals surface area contributed by atoms with E-state index in [1.54, 1.807) is 36.4 Å². The van der Waals surface area contributed by atoms with Crippen LogP contribution in [0, 0.1) is 22.7 Å². The second kappa shape index (κ2) is 7.34. The summed E-state index contributed by atoms with van der Waals surface area (Å²) in [5.41, 5.74) is -1.39. The molecule has 0 fully saturated rings. The summed E-state index contributed by atoms with van der Waals surface area (Å²) in [5, 5.41) is 38.7. The predicted molar refractivity (Wildman–Crippen MR) is 83.2 cm³/mol. The van der Waals surface area contributed by atoms with Gasteiger partial charge in [0.25, 0.3) is 0 Å². The summed E-state index contributed by atoms with van der Waals surface area (Å²) in [6.45, 7) is 0. The van der Waals surface area contributed by atoms with Crippen molar-refractivity contribution in [1.82, 2.24) is 9.97 Å². The molecule has 2 N–H and O–H groups in total. The molecule has 2 rings (SSSR count). The van der Waals surface area contributed by atoms with E-state index in [0.717, 1.165) is 0 Å². The van der Waals surface area contributed by atoms with Gasteiger partial charge >= 0.3 is 0 Å². The van der Waals surface area contributed by atoms with E-state index >= 15 is 0 Å². The Morgan fingerprint density at radius 2 is 1.42 bits per heavy atom. The number of nitriles is 2. The van der Waals surface area contributed by atoms with Crippen molar-refractivity contribution in [2.75, 3.05) is 0 Å². The number of allylic oxidation sites excluding steroid dienone is 2. The highest BCUT2D eigenvalue weighted by Crippen LogP contribution is 2.22. The molecule has 0 spiro atoms.